The third kappa shape index (κ3) is 3.11. The molecular formula is C12H9ClIN3O. The van der Waals surface area contributed by atoms with Gasteiger partial charge in [-0.1, -0.05) is 17.7 Å². The van der Waals surface area contributed by atoms with Crippen LogP contribution in [0, 0.1) is 3.57 Å². The topological polar surface area (TPSA) is 68.0 Å². The molecule has 0 radical (unpaired) electrons. The van der Waals surface area contributed by atoms with Gasteiger partial charge in [0, 0.05) is 15.5 Å². The Bertz CT molecular complexity index is 604. The number of benzene rings is 1. The van der Waals surface area contributed by atoms with Crippen molar-refractivity contribution in [2.75, 3.05) is 11.1 Å². The van der Waals surface area contributed by atoms with Gasteiger partial charge in [-0.2, -0.15) is 0 Å². The van der Waals surface area contributed by atoms with Crippen LogP contribution < -0.4 is 11.1 Å². The molecule has 1 aromatic heterocycles. The number of halogens is 2. The maximum atomic E-state index is 12.0. The summed E-state index contributed by atoms with van der Waals surface area (Å²) in [6, 6.07) is 8.91. The highest BCUT2D eigenvalue weighted by molar-refractivity contribution is 14.1. The van der Waals surface area contributed by atoms with Crippen LogP contribution >= 0.6 is 34.2 Å². The average molecular weight is 374 g/mol. The molecule has 0 saturated carbocycles. The number of nitrogens with zero attached hydrogens (tertiary/aromatic N) is 1. The second kappa shape index (κ2) is 5.53. The van der Waals surface area contributed by atoms with Crippen molar-refractivity contribution in [3.63, 3.8) is 0 Å². The molecule has 0 fully saturated rings. The smallest absolute Gasteiger partial charge is 0.257 e. The van der Waals surface area contributed by atoms with Gasteiger partial charge in [-0.05, 0) is 46.9 Å². The van der Waals surface area contributed by atoms with E-state index < -0.39 is 0 Å². The molecule has 2 rings (SSSR count). The largest absolute Gasteiger partial charge is 0.384 e. The molecule has 0 bridgehead atoms. The van der Waals surface area contributed by atoms with Crippen molar-refractivity contribution in [3.8, 4) is 0 Å². The van der Waals surface area contributed by atoms with Crippen molar-refractivity contribution in [3.05, 3.63) is 50.7 Å². The number of hydrogen-bond acceptors (Lipinski definition) is 3. The maximum Gasteiger partial charge on any atom is 0.257 e. The molecule has 0 aliphatic carbocycles. The minimum absolute atomic E-state index is 0.257. The monoisotopic (exact) mass is 373 g/mol. The Kier molecular flexibility index (Phi) is 4.03. The molecule has 0 aliphatic heterocycles. The molecule has 1 aromatic carbocycles. The molecule has 92 valence electrons. The summed E-state index contributed by atoms with van der Waals surface area (Å²) >= 11 is 8.08. The first-order valence-corrected chi connectivity index (χ1v) is 6.50. The summed E-state index contributed by atoms with van der Waals surface area (Å²) in [6.45, 7) is 0. The predicted molar refractivity (Wildman–Crippen MR) is 80.8 cm³/mol. The number of carbonyl (C=O) groups excluding carboxylic acids is 1. The standard InChI is InChI=1S/C12H9ClIN3O/c13-10-6-16-11(15)5-9(10)12(18)17-8-3-1-2-7(14)4-8/h1-6H,(H2,15,16)(H,17,18). The molecule has 0 spiro atoms. The van der Waals surface area contributed by atoms with Crippen LogP contribution in [0.15, 0.2) is 36.5 Å². The molecule has 0 saturated heterocycles. The number of aromatic nitrogens is 1. The normalized spacial score (nSPS) is 10.1. The van der Waals surface area contributed by atoms with Crippen molar-refractivity contribution in [1.29, 1.82) is 0 Å². The van der Waals surface area contributed by atoms with E-state index >= 15 is 0 Å². The predicted octanol–water partition coefficient (Wildman–Crippen LogP) is 3.17. The van der Waals surface area contributed by atoms with Crippen LogP contribution in [-0.2, 0) is 0 Å². The Hall–Kier alpha value is -1.34. The van der Waals surface area contributed by atoms with Crippen molar-refractivity contribution in [2.24, 2.45) is 0 Å². The number of hydrogen-bond donors (Lipinski definition) is 2. The summed E-state index contributed by atoms with van der Waals surface area (Å²) in [5.74, 6) is -0.0525. The zero-order valence-corrected chi connectivity index (χ0v) is 12.1. The van der Waals surface area contributed by atoms with Gasteiger partial charge in [0.05, 0.1) is 10.6 Å². The third-order valence-corrected chi connectivity index (χ3v) is 3.18. The van der Waals surface area contributed by atoms with Gasteiger partial charge in [0.15, 0.2) is 0 Å². The van der Waals surface area contributed by atoms with E-state index in [1.807, 2.05) is 18.2 Å². The van der Waals surface area contributed by atoms with E-state index in [0.29, 0.717) is 11.3 Å². The average Bonchev–Trinajstić information content (AvgIpc) is 2.32. The Morgan fingerprint density at radius 2 is 2.17 bits per heavy atom. The minimum Gasteiger partial charge on any atom is -0.384 e. The van der Waals surface area contributed by atoms with Gasteiger partial charge in [-0.15, -0.1) is 0 Å². The van der Waals surface area contributed by atoms with Crippen LogP contribution in [-0.4, -0.2) is 10.9 Å². The number of nitrogen functional groups attached to an aromatic ring is 1. The second-order valence-electron chi connectivity index (χ2n) is 3.55. The van der Waals surface area contributed by atoms with Gasteiger partial charge < -0.3 is 11.1 Å². The highest BCUT2D eigenvalue weighted by Gasteiger charge is 2.11. The van der Waals surface area contributed by atoms with Crippen LogP contribution in [0.5, 0.6) is 0 Å². The summed E-state index contributed by atoms with van der Waals surface area (Å²) in [7, 11) is 0. The SMILES string of the molecule is Nc1cc(C(=O)Nc2cccc(I)c2)c(Cl)cn1. The first-order chi connectivity index (χ1) is 8.56. The fourth-order valence-electron chi connectivity index (χ4n) is 1.39. The first-order valence-electron chi connectivity index (χ1n) is 5.04. The minimum atomic E-state index is -0.309. The van der Waals surface area contributed by atoms with E-state index in [0.717, 1.165) is 3.57 Å². The van der Waals surface area contributed by atoms with Crippen LogP contribution in [0.2, 0.25) is 5.02 Å². The number of carbonyl (C=O) groups is 1. The fraction of sp³-hybridized carbons (Fsp3) is 0. The summed E-state index contributed by atoms with van der Waals surface area (Å²) in [5.41, 5.74) is 6.55. The van der Waals surface area contributed by atoms with Crippen molar-refractivity contribution in [1.82, 2.24) is 4.98 Å². The second-order valence-corrected chi connectivity index (χ2v) is 5.21. The lowest BCUT2D eigenvalue weighted by Gasteiger charge is -2.07. The summed E-state index contributed by atoms with van der Waals surface area (Å²) in [4.78, 5) is 15.8. The molecule has 6 heteroatoms. The lowest BCUT2D eigenvalue weighted by molar-refractivity contribution is 0.102. The van der Waals surface area contributed by atoms with E-state index in [4.69, 9.17) is 17.3 Å². The van der Waals surface area contributed by atoms with Crippen molar-refractivity contribution < 1.29 is 4.79 Å². The molecule has 2 aromatic rings. The number of amides is 1. The van der Waals surface area contributed by atoms with Crippen LogP contribution in [0.4, 0.5) is 11.5 Å². The molecule has 0 unspecified atom stereocenters. The Balaban J connectivity index is 2.24. The molecule has 0 atom stereocenters. The highest BCUT2D eigenvalue weighted by Crippen LogP contribution is 2.19. The molecule has 18 heavy (non-hydrogen) atoms. The number of nitrogens with one attached hydrogen (secondary N) is 1. The summed E-state index contributed by atoms with van der Waals surface area (Å²) in [6.07, 6.45) is 1.36. The van der Waals surface area contributed by atoms with Crippen LogP contribution in [0.25, 0.3) is 0 Å². The fourth-order valence-corrected chi connectivity index (χ4v) is 2.13. The summed E-state index contributed by atoms with van der Waals surface area (Å²) in [5, 5.41) is 3.03. The van der Waals surface area contributed by atoms with Crippen LogP contribution in [0.3, 0.4) is 0 Å². The van der Waals surface area contributed by atoms with E-state index in [2.05, 4.69) is 32.9 Å². The maximum absolute atomic E-state index is 12.0. The first kappa shape index (κ1) is 13.1. The van der Waals surface area contributed by atoms with Gasteiger partial charge in [0.25, 0.3) is 5.91 Å². The van der Waals surface area contributed by atoms with Crippen molar-refractivity contribution >= 4 is 51.6 Å². The van der Waals surface area contributed by atoms with Crippen molar-refractivity contribution in [2.45, 2.75) is 0 Å². The highest BCUT2D eigenvalue weighted by atomic mass is 127. The van der Waals surface area contributed by atoms with E-state index in [-0.39, 0.29) is 16.7 Å². The van der Waals surface area contributed by atoms with E-state index in [9.17, 15) is 4.79 Å². The Morgan fingerprint density at radius 3 is 2.89 bits per heavy atom. The third-order valence-electron chi connectivity index (χ3n) is 2.20. The van der Waals surface area contributed by atoms with E-state index in [1.165, 1.54) is 12.3 Å². The van der Waals surface area contributed by atoms with Gasteiger partial charge in [-0.3, -0.25) is 4.79 Å². The van der Waals surface area contributed by atoms with Gasteiger partial charge in [-0.25, -0.2) is 4.98 Å². The molecule has 4 nitrogen and oxygen atoms in total. The lowest BCUT2D eigenvalue weighted by Crippen LogP contribution is -2.13. The molecule has 1 amide bonds. The zero-order chi connectivity index (χ0) is 13.1. The molecule has 1 heterocycles. The zero-order valence-electron chi connectivity index (χ0n) is 9.15. The number of pyridine rings is 1. The number of anilines is 2. The Labute approximate surface area is 123 Å². The summed E-state index contributed by atoms with van der Waals surface area (Å²) < 4.78 is 1.03. The van der Waals surface area contributed by atoms with E-state index in [1.54, 1.807) is 6.07 Å². The molecule has 0 aliphatic rings. The quantitative estimate of drug-likeness (QED) is 0.795. The number of rotatable bonds is 2. The van der Waals surface area contributed by atoms with Gasteiger partial charge >= 0.3 is 0 Å². The Morgan fingerprint density at radius 1 is 1.39 bits per heavy atom. The molecular weight excluding hydrogens is 365 g/mol. The molecule has 3 N–H and O–H groups in total. The van der Waals surface area contributed by atoms with Crippen LogP contribution in [0.1, 0.15) is 10.4 Å². The lowest BCUT2D eigenvalue weighted by atomic mass is 10.2. The van der Waals surface area contributed by atoms with Gasteiger partial charge in [0.1, 0.15) is 5.82 Å². The number of nitrogens with two attached hydrogens (primary N) is 1. The van der Waals surface area contributed by atoms with Gasteiger partial charge in [0.2, 0.25) is 0 Å².